The monoisotopic (exact) mass is 518 g/mol. The zero-order valence-corrected chi connectivity index (χ0v) is 19.8. The van der Waals surface area contributed by atoms with Crippen LogP contribution in [-0.2, 0) is 10.0 Å². The summed E-state index contributed by atoms with van der Waals surface area (Å²) in [4.78, 5) is 12.4. The standard InChI is InChI=1S/C22H16Cl2N4O5S/c1-32-17-11-10-14(12-18(17)34(30,31)28-19-15(23)8-5-9-16(19)24)25-20(29)22-27-26-21(33-22)13-6-3-2-4-7-13/h2-12,28H,1H3,(H,25,29). The van der Waals surface area contributed by atoms with Gasteiger partial charge in [0.1, 0.15) is 10.6 Å². The number of benzene rings is 3. The van der Waals surface area contributed by atoms with E-state index in [0.29, 0.717) is 5.56 Å². The average Bonchev–Trinajstić information content (AvgIpc) is 3.33. The number of anilines is 2. The molecule has 1 aromatic heterocycles. The number of hydrogen-bond acceptors (Lipinski definition) is 7. The lowest BCUT2D eigenvalue weighted by Crippen LogP contribution is -2.16. The number of nitrogens with one attached hydrogen (secondary N) is 2. The first-order chi connectivity index (χ1) is 16.3. The van der Waals surface area contributed by atoms with E-state index >= 15 is 0 Å². The molecule has 1 heterocycles. The van der Waals surface area contributed by atoms with Crippen LogP contribution in [0.4, 0.5) is 11.4 Å². The Morgan fingerprint density at radius 1 is 0.971 bits per heavy atom. The lowest BCUT2D eigenvalue weighted by atomic mass is 10.2. The zero-order valence-electron chi connectivity index (χ0n) is 17.5. The number of methoxy groups -OCH3 is 1. The van der Waals surface area contributed by atoms with Crippen molar-refractivity contribution in [3.05, 3.63) is 82.7 Å². The maximum atomic E-state index is 13.1. The molecule has 3 aromatic carbocycles. The van der Waals surface area contributed by atoms with Gasteiger partial charge in [0.25, 0.3) is 10.0 Å². The third-order valence-electron chi connectivity index (χ3n) is 4.55. The fourth-order valence-electron chi connectivity index (χ4n) is 2.95. The quantitative estimate of drug-likeness (QED) is 0.348. The molecular formula is C22H16Cl2N4O5S. The minimum absolute atomic E-state index is 0.0154. The first-order valence-electron chi connectivity index (χ1n) is 9.63. The number of carbonyl (C=O) groups excluding carboxylic acids is 1. The van der Waals surface area contributed by atoms with Crippen molar-refractivity contribution in [3.63, 3.8) is 0 Å². The van der Waals surface area contributed by atoms with E-state index in [9.17, 15) is 13.2 Å². The van der Waals surface area contributed by atoms with Crippen LogP contribution in [0.5, 0.6) is 5.75 Å². The van der Waals surface area contributed by atoms with E-state index in [0.717, 1.165) is 0 Å². The topological polar surface area (TPSA) is 123 Å². The van der Waals surface area contributed by atoms with Gasteiger partial charge in [-0.15, -0.1) is 10.2 Å². The van der Waals surface area contributed by atoms with E-state index in [1.807, 2.05) is 6.07 Å². The molecule has 0 bridgehead atoms. The molecule has 1 amide bonds. The molecule has 4 rings (SSSR count). The van der Waals surface area contributed by atoms with Crippen LogP contribution in [0, 0.1) is 0 Å². The summed E-state index contributed by atoms with van der Waals surface area (Å²) in [5.41, 5.74) is 0.814. The number of nitrogens with zero attached hydrogens (tertiary/aromatic N) is 2. The van der Waals surface area contributed by atoms with Gasteiger partial charge in [-0.3, -0.25) is 9.52 Å². The van der Waals surface area contributed by atoms with Crippen LogP contribution < -0.4 is 14.8 Å². The summed E-state index contributed by atoms with van der Waals surface area (Å²) in [5.74, 6) is -0.798. The smallest absolute Gasteiger partial charge is 0.313 e. The Balaban J connectivity index is 1.60. The highest BCUT2D eigenvalue weighted by Crippen LogP contribution is 2.34. The van der Waals surface area contributed by atoms with Gasteiger partial charge >= 0.3 is 11.8 Å². The number of sulfonamides is 1. The van der Waals surface area contributed by atoms with E-state index < -0.39 is 15.9 Å². The first-order valence-corrected chi connectivity index (χ1v) is 11.9. The Morgan fingerprint density at radius 3 is 2.35 bits per heavy atom. The number of rotatable bonds is 7. The second-order valence-corrected chi connectivity index (χ2v) is 9.27. The fraction of sp³-hybridized carbons (Fsp3) is 0.0455. The van der Waals surface area contributed by atoms with Crippen molar-refractivity contribution in [2.45, 2.75) is 4.90 Å². The van der Waals surface area contributed by atoms with E-state index in [4.69, 9.17) is 32.4 Å². The predicted molar refractivity (Wildman–Crippen MR) is 128 cm³/mol. The van der Waals surface area contributed by atoms with Gasteiger partial charge in [-0.25, -0.2) is 8.42 Å². The molecule has 2 N–H and O–H groups in total. The second kappa shape index (κ2) is 9.72. The Bertz CT molecular complexity index is 1440. The Hall–Kier alpha value is -3.60. The summed E-state index contributed by atoms with van der Waals surface area (Å²) < 4.78 is 39.2. The highest BCUT2D eigenvalue weighted by molar-refractivity contribution is 7.92. The second-order valence-electron chi connectivity index (χ2n) is 6.80. The molecular weight excluding hydrogens is 503 g/mol. The number of hydrogen-bond donors (Lipinski definition) is 2. The van der Waals surface area contributed by atoms with Crippen LogP contribution in [0.1, 0.15) is 10.7 Å². The van der Waals surface area contributed by atoms with Crippen LogP contribution in [0.15, 0.2) is 76.0 Å². The molecule has 174 valence electrons. The third kappa shape index (κ3) is 4.98. The number of carbonyl (C=O) groups is 1. The lowest BCUT2D eigenvalue weighted by molar-refractivity contribution is 0.0990. The maximum Gasteiger partial charge on any atom is 0.313 e. The SMILES string of the molecule is COc1ccc(NC(=O)c2nnc(-c3ccccc3)o2)cc1S(=O)(=O)Nc1c(Cl)cccc1Cl. The van der Waals surface area contributed by atoms with Gasteiger partial charge in [0.2, 0.25) is 5.89 Å². The third-order valence-corrected chi connectivity index (χ3v) is 6.55. The van der Waals surface area contributed by atoms with Crippen LogP contribution in [0.25, 0.3) is 11.5 Å². The van der Waals surface area contributed by atoms with Gasteiger partial charge in [0.05, 0.1) is 22.8 Å². The molecule has 0 radical (unpaired) electrons. The lowest BCUT2D eigenvalue weighted by Gasteiger charge is -2.15. The van der Waals surface area contributed by atoms with Crippen LogP contribution in [0.3, 0.4) is 0 Å². The molecule has 0 aliphatic carbocycles. The molecule has 34 heavy (non-hydrogen) atoms. The molecule has 0 fully saturated rings. The van der Waals surface area contributed by atoms with E-state index in [1.54, 1.807) is 30.3 Å². The maximum absolute atomic E-state index is 13.1. The summed E-state index contributed by atoms with van der Waals surface area (Å²) in [6, 6.07) is 17.6. The van der Waals surface area contributed by atoms with Crippen molar-refractivity contribution in [2.75, 3.05) is 17.1 Å². The van der Waals surface area contributed by atoms with Crippen LogP contribution >= 0.6 is 23.2 Å². The van der Waals surface area contributed by atoms with Gasteiger partial charge in [-0.1, -0.05) is 47.5 Å². The fourth-order valence-corrected chi connectivity index (χ4v) is 4.85. The summed E-state index contributed by atoms with van der Waals surface area (Å²) in [7, 11) is -2.88. The molecule has 12 heteroatoms. The summed E-state index contributed by atoms with van der Waals surface area (Å²) in [6.45, 7) is 0. The van der Waals surface area contributed by atoms with Gasteiger partial charge in [0.15, 0.2) is 0 Å². The van der Waals surface area contributed by atoms with Crippen molar-refractivity contribution in [1.29, 1.82) is 0 Å². The minimum atomic E-state index is -4.20. The largest absolute Gasteiger partial charge is 0.495 e. The van der Waals surface area contributed by atoms with Crippen molar-refractivity contribution in [2.24, 2.45) is 0 Å². The molecule has 9 nitrogen and oxygen atoms in total. The molecule has 0 atom stereocenters. The van der Waals surface area contributed by atoms with Crippen molar-refractivity contribution < 1.29 is 22.4 Å². The van der Waals surface area contributed by atoms with Crippen LogP contribution in [-0.4, -0.2) is 31.6 Å². The van der Waals surface area contributed by atoms with Gasteiger partial charge in [0, 0.05) is 11.3 Å². The van der Waals surface area contributed by atoms with E-state index in [-0.39, 0.29) is 43.8 Å². The van der Waals surface area contributed by atoms with Gasteiger partial charge in [-0.05, 0) is 42.5 Å². The molecule has 0 unspecified atom stereocenters. The number of ether oxygens (including phenoxy) is 1. The van der Waals surface area contributed by atoms with E-state index in [2.05, 4.69) is 20.2 Å². The molecule has 0 aliphatic rings. The molecule has 0 spiro atoms. The van der Waals surface area contributed by atoms with Crippen molar-refractivity contribution in [3.8, 4) is 17.2 Å². The Labute approximate surface area is 204 Å². The van der Waals surface area contributed by atoms with Gasteiger partial charge < -0.3 is 14.5 Å². The number of aromatic nitrogens is 2. The highest BCUT2D eigenvalue weighted by atomic mass is 35.5. The summed E-state index contributed by atoms with van der Waals surface area (Å²) in [6.07, 6.45) is 0. The normalized spacial score (nSPS) is 11.1. The number of amides is 1. The number of halogens is 2. The Morgan fingerprint density at radius 2 is 1.68 bits per heavy atom. The zero-order chi connectivity index (χ0) is 24.3. The molecule has 0 saturated carbocycles. The minimum Gasteiger partial charge on any atom is -0.495 e. The van der Waals surface area contributed by atoms with Crippen molar-refractivity contribution in [1.82, 2.24) is 10.2 Å². The molecule has 0 saturated heterocycles. The predicted octanol–water partition coefficient (Wildman–Crippen LogP) is 5.11. The van der Waals surface area contributed by atoms with Crippen molar-refractivity contribution >= 4 is 50.5 Å². The van der Waals surface area contributed by atoms with Gasteiger partial charge in [-0.2, -0.15) is 0 Å². The molecule has 0 aliphatic heterocycles. The summed E-state index contributed by atoms with van der Waals surface area (Å²) >= 11 is 12.2. The van der Waals surface area contributed by atoms with E-state index in [1.165, 1.54) is 37.4 Å². The molecule has 4 aromatic rings. The van der Waals surface area contributed by atoms with Crippen LogP contribution in [0.2, 0.25) is 10.0 Å². The highest BCUT2D eigenvalue weighted by Gasteiger charge is 2.24. The Kier molecular flexibility index (Phi) is 6.73. The first kappa shape index (κ1) is 23.6. The number of para-hydroxylation sites is 1. The summed E-state index contributed by atoms with van der Waals surface area (Å²) in [5, 5.41) is 10.4. The average molecular weight is 519 g/mol.